The Labute approximate surface area is 125 Å². The molecule has 1 heterocycles. The van der Waals surface area contributed by atoms with Gasteiger partial charge in [-0.1, -0.05) is 38.5 Å². The molecule has 0 aliphatic heterocycles. The second kappa shape index (κ2) is 8.29. The number of hydrogen-bond acceptors (Lipinski definition) is 4. The van der Waals surface area contributed by atoms with Crippen LogP contribution in [-0.2, 0) is 4.79 Å². The van der Waals surface area contributed by atoms with E-state index >= 15 is 0 Å². The number of nitrogens with zero attached hydrogens (tertiary/aromatic N) is 3. The molecule has 1 unspecified atom stereocenters. The summed E-state index contributed by atoms with van der Waals surface area (Å²) < 4.78 is 2.09. The van der Waals surface area contributed by atoms with E-state index in [9.17, 15) is 4.79 Å². The fourth-order valence-electron chi connectivity index (χ4n) is 2.24. The van der Waals surface area contributed by atoms with Crippen LogP contribution in [0.4, 0.5) is 0 Å². The van der Waals surface area contributed by atoms with Crippen LogP contribution < -0.4 is 0 Å². The van der Waals surface area contributed by atoms with Crippen molar-refractivity contribution in [2.75, 3.05) is 5.75 Å². The van der Waals surface area contributed by atoms with Crippen molar-refractivity contribution in [3.8, 4) is 0 Å². The average molecular weight is 299 g/mol. The summed E-state index contributed by atoms with van der Waals surface area (Å²) in [5.41, 5.74) is 0. The molecule has 0 bridgehead atoms. The second-order valence-electron chi connectivity index (χ2n) is 5.23. The Bertz CT molecular complexity index is 432. The maximum absolute atomic E-state index is 10.7. The van der Waals surface area contributed by atoms with Gasteiger partial charge in [0.15, 0.2) is 5.16 Å². The predicted octanol–water partition coefficient (Wildman–Crippen LogP) is 3.72. The minimum absolute atomic E-state index is 0.0244. The first-order valence-corrected chi connectivity index (χ1v) is 8.29. The zero-order chi connectivity index (χ0) is 15.1. The molecule has 0 saturated carbocycles. The van der Waals surface area contributed by atoms with Gasteiger partial charge in [-0.05, 0) is 26.7 Å². The lowest BCUT2D eigenvalue weighted by atomic mass is 9.98. The van der Waals surface area contributed by atoms with Gasteiger partial charge in [0, 0.05) is 12.0 Å². The molecule has 0 fully saturated rings. The molecule has 1 rings (SSSR count). The number of hydrogen-bond donors (Lipinski definition) is 1. The van der Waals surface area contributed by atoms with Crippen molar-refractivity contribution in [2.24, 2.45) is 0 Å². The lowest BCUT2D eigenvalue weighted by molar-refractivity contribution is -0.133. The van der Waals surface area contributed by atoms with E-state index < -0.39 is 5.97 Å². The number of unbranched alkanes of at least 4 members (excludes halogenated alkanes) is 1. The zero-order valence-electron chi connectivity index (χ0n) is 12.8. The third-order valence-corrected chi connectivity index (χ3v) is 4.22. The SMILES string of the molecule is CCCCC(CC)c1nnc(SCC(=O)O)n1C(C)C. The van der Waals surface area contributed by atoms with Gasteiger partial charge in [0.2, 0.25) is 0 Å². The standard InChI is InChI=1S/C14H25N3O2S/c1-5-7-8-11(6-2)13-15-16-14(17(13)10(3)4)20-9-12(18)19/h10-11H,5-9H2,1-4H3,(H,18,19). The fourth-order valence-corrected chi connectivity index (χ4v) is 3.04. The minimum atomic E-state index is -0.826. The van der Waals surface area contributed by atoms with Gasteiger partial charge in [-0.25, -0.2) is 0 Å². The predicted molar refractivity (Wildman–Crippen MR) is 81.3 cm³/mol. The van der Waals surface area contributed by atoms with E-state index in [0.29, 0.717) is 11.1 Å². The van der Waals surface area contributed by atoms with E-state index in [1.165, 1.54) is 24.6 Å². The van der Waals surface area contributed by atoms with Crippen LogP contribution in [0.15, 0.2) is 5.16 Å². The summed E-state index contributed by atoms with van der Waals surface area (Å²) in [6.45, 7) is 8.53. The molecule has 0 aliphatic carbocycles. The Morgan fingerprint density at radius 3 is 2.55 bits per heavy atom. The first kappa shape index (κ1) is 17.0. The topological polar surface area (TPSA) is 68.0 Å². The molecular weight excluding hydrogens is 274 g/mol. The number of carbonyl (C=O) groups is 1. The highest BCUT2D eigenvalue weighted by Crippen LogP contribution is 2.30. The molecule has 1 N–H and O–H groups in total. The summed E-state index contributed by atoms with van der Waals surface area (Å²) >= 11 is 1.25. The average Bonchev–Trinajstić information content (AvgIpc) is 2.81. The normalized spacial score (nSPS) is 12.8. The third kappa shape index (κ3) is 4.51. The smallest absolute Gasteiger partial charge is 0.313 e. The van der Waals surface area contributed by atoms with E-state index in [1.54, 1.807) is 0 Å². The van der Waals surface area contributed by atoms with Crippen LogP contribution in [-0.4, -0.2) is 31.6 Å². The van der Waals surface area contributed by atoms with E-state index in [1.807, 2.05) is 0 Å². The molecule has 1 aromatic rings. The van der Waals surface area contributed by atoms with E-state index in [2.05, 4.69) is 42.5 Å². The van der Waals surface area contributed by atoms with Gasteiger partial charge < -0.3 is 9.67 Å². The summed E-state index contributed by atoms with van der Waals surface area (Å²) in [6, 6.07) is 0.243. The van der Waals surface area contributed by atoms with Crippen LogP contribution in [0, 0.1) is 0 Å². The molecule has 0 saturated heterocycles. The molecule has 5 nitrogen and oxygen atoms in total. The summed E-state index contributed by atoms with van der Waals surface area (Å²) in [7, 11) is 0. The van der Waals surface area contributed by atoms with Gasteiger partial charge in [-0.15, -0.1) is 10.2 Å². The zero-order valence-corrected chi connectivity index (χ0v) is 13.6. The molecule has 1 atom stereocenters. The number of aliphatic carboxylic acids is 1. The van der Waals surface area contributed by atoms with E-state index in [-0.39, 0.29) is 11.8 Å². The van der Waals surface area contributed by atoms with E-state index in [4.69, 9.17) is 5.11 Å². The third-order valence-electron chi connectivity index (χ3n) is 3.30. The fraction of sp³-hybridized carbons (Fsp3) is 0.786. The molecule has 114 valence electrons. The second-order valence-corrected chi connectivity index (χ2v) is 6.18. The summed E-state index contributed by atoms with van der Waals surface area (Å²) in [5, 5.41) is 18.1. The van der Waals surface area contributed by atoms with Gasteiger partial charge in [-0.2, -0.15) is 0 Å². The molecule has 20 heavy (non-hydrogen) atoms. The molecule has 0 spiro atoms. The van der Waals surface area contributed by atoms with Crippen LogP contribution in [0.1, 0.15) is 71.2 Å². The quantitative estimate of drug-likeness (QED) is 0.704. The number of carboxylic acids is 1. The van der Waals surface area contributed by atoms with Crippen molar-refractivity contribution >= 4 is 17.7 Å². The van der Waals surface area contributed by atoms with Crippen LogP contribution in [0.3, 0.4) is 0 Å². The monoisotopic (exact) mass is 299 g/mol. The molecule has 1 aromatic heterocycles. The van der Waals surface area contributed by atoms with Gasteiger partial charge in [0.25, 0.3) is 0 Å². The van der Waals surface area contributed by atoms with Crippen LogP contribution in [0.2, 0.25) is 0 Å². The Hall–Kier alpha value is -1.04. The Balaban J connectivity index is 2.97. The van der Waals surface area contributed by atoms with Crippen molar-refractivity contribution < 1.29 is 9.90 Å². The Morgan fingerprint density at radius 1 is 1.35 bits per heavy atom. The van der Waals surface area contributed by atoms with Crippen molar-refractivity contribution in [3.05, 3.63) is 5.82 Å². The summed E-state index contributed by atoms with van der Waals surface area (Å²) in [4.78, 5) is 10.7. The Kier molecular flexibility index (Phi) is 7.05. The summed E-state index contributed by atoms with van der Waals surface area (Å²) in [6.07, 6.45) is 4.50. The highest BCUT2D eigenvalue weighted by atomic mass is 32.2. The molecular formula is C14H25N3O2S. The molecule has 0 aliphatic rings. The molecule has 6 heteroatoms. The highest BCUT2D eigenvalue weighted by molar-refractivity contribution is 7.99. The Morgan fingerprint density at radius 2 is 2.05 bits per heavy atom. The first-order chi connectivity index (χ1) is 9.51. The maximum atomic E-state index is 10.7. The number of aromatic nitrogens is 3. The van der Waals surface area contributed by atoms with Crippen LogP contribution >= 0.6 is 11.8 Å². The molecule has 0 amide bonds. The van der Waals surface area contributed by atoms with Crippen molar-refractivity contribution in [1.82, 2.24) is 14.8 Å². The van der Waals surface area contributed by atoms with Crippen molar-refractivity contribution in [2.45, 2.75) is 70.5 Å². The lowest BCUT2D eigenvalue weighted by Crippen LogP contribution is -2.12. The summed E-state index contributed by atoms with van der Waals surface area (Å²) in [5.74, 6) is 0.608. The highest BCUT2D eigenvalue weighted by Gasteiger charge is 2.22. The first-order valence-electron chi connectivity index (χ1n) is 7.30. The molecule has 0 radical (unpaired) electrons. The number of thioether (sulfide) groups is 1. The largest absolute Gasteiger partial charge is 0.481 e. The van der Waals surface area contributed by atoms with Gasteiger partial charge >= 0.3 is 5.97 Å². The van der Waals surface area contributed by atoms with Gasteiger partial charge in [0.05, 0.1) is 5.75 Å². The van der Waals surface area contributed by atoms with Crippen LogP contribution in [0.25, 0.3) is 0 Å². The molecule has 0 aromatic carbocycles. The maximum Gasteiger partial charge on any atom is 0.313 e. The van der Waals surface area contributed by atoms with Crippen molar-refractivity contribution in [3.63, 3.8) is 0 Å². The minimum Gasteiger partial charge on any atom is -0.481 e. The lowest BCUT2D eigenvalue weighted by Gasteiger charge is -2.19. The van der Waals surface area contributed by atoms with Gasteiger partial charge in [0.1, 0.15) is 5.82 Å². The van der Waals surface area contributed by atoms with E-state index in [0.717, 1.165) is 18.7 Å². The van der Waals surface area contributed by atoms with Crippen molar-refractivity contribution in [1.29, 1.82) is 0 Å². The van der Waals surface area contributed by atoms with Crippen LogP contribution in [0.5, 0.6) is 0 Å². The number of rotatable bonds is 9. The van der Waals surface area contributed by atoms with Gasteiger partial charge in [-0.3, -0.25) is 4.79 Å². The number of carboxylic acid groups (broad SMARTS) is 1.